The summed E-state index contributed by atoms with van der Waals surface area (Å²) in [5.74, 6) is -1.33. The van der Waals surface area contributed by atoms with E-state index in [0.717, 1.165) is 13.0 Å². The molecule has 84 valence electrons. The van der Waals surface area contributed by atoms with E-state index in [1.165, 1.54) is 0 Å². The fourth-order valence-electron chi connectivity index (χ4n) is 1.88. The fraction of sp³-hybridized carbons (Fsp3) is 0.800. The normalized spacial score (nSPS) is 33.7. The van der Waals surface area contributed by atoms with E-state index < -0.39 is 11.9 Å². The van der Waals surface area contributed by atoms with Crippen molar-refractivity contribution < 1.29 is 19.4 Å². The van der Waals surface area contributed by atoms with Gasteiger partial charge in [-0.1, -0.05) is 0 Å². The Bertz CT molecular complexity index is 273. The van der Waals surface area contributed by atoms with Gasteiger partial charge in [0.2, 0.25) is 5.91 Å². The summed E-state index contributed by atoms with van der Waals surface area (Å²) in [6.45, 7) is 2.08. The fourth-order valence-corrected chi connectivity index (χ4v) is 1.88. The van der Waals surface area contributed by atoms with Gasteiger partial charge in [0.15, 0.2) is 0 Å². The third kappa shape index (κ3) is 2.47. The Morgan fingerprint density at radius 1 is 1.40 bits per heavy atom. The molecule has 0 aromatic heterocycles. The number of carboxylic acids is 1. The number of nitrogens with one attached hydrogen (secondary N) is 1. The smallest absolute Gasteiger partial charge is 0.307 e. The molecule has 2 rings (SSSR count). The standard InChI is InChI=1S/C10H15NO4/c12-9(7-3-8(7)10(13)14)11-4-6-1-2-15-5-6/h6-8H,1-5H2,(H,11,12)(H,13,14). The van der Waals surface area contributed by atoms with Crippen LogP contribution in [0.15, 0.2) is 0 Å². The molecule has 0 aromatic rings. The van der Waals surface area contributed by atoms with Gasteiger partial charge < -0.3 is 15.2 Å². The molecule has 15 heavy (non-hydrogen) atoms. The van der Waals surface area contributed by atoms with E-state index in [-0.39, 0.29) is 11.8 Å². The quantitative estimate of drug-likeness (QED) is 0.681. The minimum absolute atomic E-state index is 0.116. The summed E-state index contributed by atoms with van der Waals surface area (Å²) in [4.78, 5) is 22.0. The van der Waals surface area contributed by atoms with Gasteiger partial charge in [0.1, 0.15) is 0 Å². The van der Waals surface area contributed by atoms with Crippen LogP contribution < -0.4 is 5.32 Å². The van der Waals surface area contributed by atoms with Gasteiger partial charge >= 0.3 is 5.97 Å². The SMILES string of the molecule is O=C(O)C1CC1C(=O)NCC1CCOC1. The lowest BCUT2D eigenvalue weighted by Crippen LogP contribution is -2.31. The largest absolute Gasteiger partial charge is 0.481 e. The van der Waals surface area contributed by atoms with Crippen LogP contribution in [0.5, 0.6) is 0 Å². The maximum absolute atomic E-state index is 11.5. The highest BCUT2D eigenvalue weighted by Gasteiger charge is 2.48. The van der Waals surface area contributed by atoms with Crippen LogP contribution >= 0.6 is 0 Å². The van der Waals surface area contributed by atoms with Crippen molar-refractivity contribution in [2.45, 2.75) is 12.8 Å². The Morgan fingerprint density at radius 2 is 2.20 bits per heavy atom. The van der Waals surface area contributed by atoms with Crippen molar-refractivity contribution in [1.82, 2.24) is 5.32 Å². The average molecular weight is 213 g/mol. The minimum Gasteiger partial charge on any atom is -0.481 e. The van der Waals surface area contributed by atoms with Gasteiger partial charge in [0.05, 0.1) is 18.4 Å². The number of carbonyl (C=O) groups excluding carboxylic acids is 1. The van der Waals surface area contributed by atoms with Gasteiger partial charge in [-0.2, -0.15) is 0 Å². The molecule has 0 spiro atoms. The molecule has 0 radical (unpaired) electrons. The number of amides is 1. The second kappa shape index (κ2) is 4.18. The molecule has 0 aromatic carbocycles. The molecular weight excluding hydrogens is 198 g/mol. The number of aliphatic carboxylic acids is 1. The van der Waals surface area contributed by atoms with Crippen LogP contribution in [0, 0.1) is 17.8 Å². The highest BCUT2D eigenvalue weighted by Crippen LogP contribution is 2.38. The highest BCUT2D eigenvalue weighted by atomic mass is 16.5. The Balaban J connectivity index is 1.67. The number of hydrogen-bond acceptors (Lipinski definition) is 3. The van der Waals surface area contributed by atoms with Crippen LogP contribution in [0.1, 0.15) is 12.8 Å². The van der Waals surface area contributed by atoms with Gasteiger partial charge in [0.25, 0.3) is 0 Å². The molecule has 1 aliphatic carbocycles. The lowest BCUT2D eigenvalue weighted by Gasteiger charge is -2.08. The van der Waals surface area contributed by atoms with E-state index in [1.54, 1.807) is 0 Å². The Kier molecular flexibility index (Phi) is 2.90. The van der Waals surface area contributed by atoms with E-state index >= 15 is 0 Å². The number of hydrogen-bond donors (Lipinski definition) is 2. The average Bonchev–Trinajstić information content (AvgIpc) is 2.85. The summed E-state index contributed by atoms with van der Waals surface area (Å²) in [6.07, 6.45) is 1.47. The molecule has 1 saturated carbocycles. The van der Waals surface area contributed by atoms with E-state index in [0.29, 0.717) is 25.5 Å². The Hall–Kier alpha value is -1.10. The molecule has 1 aliphatic heterocycles. The van der Waals surface area contributed by atoms with Gasteiger partial charge in [-0.15, -0.1) is 0 Å². The minimum atomic E-state index is -0.862. The highest BCUT2D eigenvalue weighted by molar-refractivity contribution is 5.89. The molecule has 2 fully saturated rings. The van der Waals surface area contributed by atoms with Crippen molar-refractivity contribution in [2.24, 2.45) is 17.8 Å². The predicted molar refractivity (Wildman–Crippen MR) is 51.2 cm³/mol. The zero-order valence-corrected chi connectivity index (χ0v) is 8.44. The van der Waals surface area contributed by atoms with Crippen LogP contribution in [0.4, 0.5) is 0 Å². The van der Waals surface area contributed by atoms with E-state index in [1.807, 2.05) is 0 Å². The predicted octanol–water partition coefficient (Wildman–Crippen LogP) is -0.140. The summed E-state index contributed by atoms with van der Waals surface area (Å²) >= 11 is 0. The van der Waals surface area contributed by atoms with Crippen molar-refractivity contribution >= 4 is 11.9 Å². The molecule has 3 atom stereocenters. The first kappa shape index (κ1) is 10.4. The van der Waals surface area contributed by atoms with Gasteiger partial charge in [-0.3, -0.25) is 9.59 Å². The Morgan fingerprint density at radius 3 is 2.73 bits per heavy atom. The van der Waals surface area contributed by atoms with Crippen LogP contribution in [0.3, 0.4) is 0 Å². The number of carboxylic acid groups (broad SMARTS) is 1. The third-order valence-corrected chi connectivity index (χ3v) is 3.03. The van der Waals surface area contributed by atoms with Gasteiger partial charge in [-0.05, 0) is 12.8 Å². The second-order valence-electron chi connectivity index (χ2n) is 4.26. The van der Waals surface area contributed by atoms with Crippen molar-refractivity contribution in [3.05, 3.63) is 0 Å². The molecule has 1 saturated heterocycles. The van der Waals surface area contributed by atoms with Gasteiger partial charge in [0, 0.05) is 19.1 Å². The van der Waals surface area contributed by atoms with Crippen molar-refractivity contribution in [3.8, 4) is 0 Å². The first-order chi connectivity index (χ1) is 7.18. The monoisotopic (exact) mass is 213 g/mol. The van der Waals surface area contributed by atoms with Crippen LogP contribution in [0.25, 0.3) is 0 Å². The Labute approximate surface area is 87.8 Å². The van der Waals surface area contributed by atoms with Crippen LogP contribution in [0.2, 0.25) is 0 Å². The first-order valence-corrected chi connectivity index (χ1v) is 5.26. The molecule has 5 heteroatoms. The maximum Gasteiger partial charge on any atom is 0.307 e. The number of rotatable bonds is 4. The van der Waals surface area contributed by atoms with Crippen molar-refractivity contribution in [2.75, 3.05) is 19.8 Å². The summed E-state index contributed by atoms with van der Waals surface area (Å²) in [7, 11) is 0. The molecular formula is C10H15NO4. The molecule has 2 N–H and O–H groups in total. The molecule has 0 bridgehead atoms. The summed E-state index contributed by atoms with van der Waals surface area (Å²) < 4.78 is 5.18. The summed E-state index contributed by atoms with van der Waals surface area (Å²) in [5.41, 5.74) is 0. The van der Waals surface area contributed by atoms with Crippen LogP contribution in [-0.4, -0.2) is 36.7 Å². The number of carbonyl (C=O) groups is 2. The third-order valence-electron chi connectivity index (χ3n) is 3.03. The second-order valence-corrected chi connectivity index (χ2v) is 4.26. The molecule has 3 unspecified atom stereocenters. The van der Waals surface area contributed by atoms with Crippen molar-refractivity contribution in [1.29, 1.82) is 0 Å². The summed E-state index contributed by atoms with van der Waals surface area (Å²) in [6, 6.07) is 0. The van der Waals surface area contributed by atoms with Crippen LogP contribution in [-0.2, 0) is 14.3 Å². The van der Waals surface area contributed by atoms with Crippen molar-refractivity contribution in [3.63, 3.8) is 0 Å². The summed E-state index contributed by atoms with van der Waals surface area (Å²) in [5, 5.41) is 11.4. The molecule has 2 aliphatic rings. The number of ether oxygens (including phenoxy) is 1. The van der Waals surface area contributed by atoms with E-state index in [2.05, 4.69) is 5.32 Å². The zero-order valence-electron chi connectivity index (χ0n) is 8.44. The molecule has 5 nitrogen and oxygen atoms in total. The van der Waals surface area contributed by atoms with E-state index in [9.17, 15) is 9.59 Å². The lowest BCUT2D eigenvalue weighted by atomic mass is 10.1. The molecule has 1 amide bonds. The first-order valence-electron chi connectivity index (χ1n) is 5.26. The lowest BCUT2D eigenvalue weighted by molar-refractivity contribution is -0.140. The van der Waals surface area contributed by atoms with Gasteiger partial charge in [-0.25, -0.2) is 0 Å². The maximum atomic E-state index is 11.5. The van der Waals surface area contributed by atoms with E-state index in [4.69, 9.17) is 9.84 Å². The topological polar surface area (TPSA) is 75.6 Å². The zero-order chi connectivity index (χ0) is 10.8. The molecule has 1 heterocycles.